The van der Waals surface area contributed by atoms with Crippen LogP contribution in [0.5, 0.6) is 5.75 Å². The second kappa shape index (κ2) is 5.32. The maximum absolute atomic E-state index is 11.5. The number of aromatic nitrogens is 1. The Hall–Kier alpha value is -1.37. The average molecular weight is 301 g/mol. The van der Waals surface area contributed by atoms with Crippen LogP contribution in [-0.4, -0.2) is 20.0 Å². The van der Waals surface area contributed by atoms with E-state index < -0.39 is 10.0 Å². The lowest BCUT2D eigenvalue weighted by molar-refractivity contribution is 0.320. The van der Waals surface area contributed by atoms with E-state index in [-0.39, 0.29) is 10.0 Å². The van der Waals surface area contributed by atoms with Crippen LogP contribution in [0.25, 0.3) is 10.9 Å². The molecule has 0 saturated heterocycles. The third-order valence-corrected chi connectivity index (χ3v) is 3.69. The quantitative estimate of drug-likeness (QED) is 0.879. The topological polar surface area (TPSA) is 82.3 Å². The van der Waals surface area contributed by atoms with Crippen molar-refractivity contribution in [1.82, 2.24) is 4.98 Å². The number of halogens is 1. The Kier molecular flexibility index (Phi) is 3.93. The van der Waals surface area contributed by atoms with Gasteiger partial charge in [0.15, 0.2) is 0 Å². The molecule has 0 unspecified atom stereocenters. The number of ether oxygens (including phenoxy) is 1. The first kappa shape index (κ1) is 14.0. The largest absolute Gasteiger partial charge is 0.491 e. The van der Waals surface area contributed by atoms with Gasteiger partial charge in [-0.25, -0.2) is 18.5 Å². The van der Waals surface area contributed by atoms with Crippen molar-refractivity contribution in [2.45, 2.75) is 18.2 Å². The van der Waals surface area contributed by atoms with E-state index in [4.69, 9.17) is 21.5 Å². The number of benzene rings is 1. The molecular weight excluding hydrogens is 288 g/mol. The summed E-state index contributed by atoms with van der Waals surface area (Å²) in [7, 11) is -3.82. The molecule has 0 atom stereocenters. The molecule has 0 spiro atoms. The maximum Gasteiger partial charge on any atom is 0.238 e. The second-order valence-electron chi connectivity index (χ2n) is 3.99. The summed E-state index contributed by atoms with van der Waals surface area (Å²) in [5, 5.41) is 5.85. The summed E-state index contributed by atoms with van der Waals surface area (Å²) in [6.45, 7) is 2.49. The van der Waals surface area contributed by atoms with Crippen LogP contribution < -0.4 is 9.88 Å². The number of sulfonamides is 1. The summed E-state index contributed by atoms with van der Waals surface area (Å²) in [6, 6.07) is 6.05. The number of hydrogen-bond acceptors (Lipinski definition) is 4. The molecule has 0 aliphatic heterocycles. The van der Waals surface area contributed by atoms with Crippen LogP contribution in [0.4, 0.5) is 0 Å². The van der Waals surface area contributed by atoms with Crippen molar-refractivity contribution in [2.24, 2.45) is 5.14 Å². The molecule has 1 heterocycles. The fraction of sp³-hybridized carbons (Fsp3) is 0.250. The predicted molar refractivity (Wildman–Crippen MR) is 73.9 cm³/mol. The normalized spacial score (nSPS) is 11.7. The summed E-state index contributed by atoms with van der Waals surface area (Å²) in [6.07, 6.45) is 0.832. The highest BCUT2D eigenvalue weighted by atomic mass is 35.5. The number of hydrogen-bond donors (Lipinski definition) is 1. The van der Waals surface area contributed by atoms with Crippen molar-refractivity contribution in [2.75, 3.05) is 6.61 Å². The summed E-state index contributed by atoms with van der Waals surface area (Å²) < 4.78 is 28.6. The standard InChI is InChI=1S/C12H13ClN2O3S/c1-2-7-18-9-4-5-10(19(14,16)17)8-3-6-11(13)15-12(8)9/h3-6H,2,7H2,1H3,(H2,14,16,17). The SMILES string of the molecule is CCCOc1ccc(S(N)(=O)=O)c2ccc(Cl)nc12. The molecule has 2 N–H and O–H groups in total. The molecule has 0 radical (unpaired) electrons. The minimum atomic E-state index is -3.82. The van der Waals surface area contributed by atoms with Gasteiger partial charge in [0, 0.05) is 5.39 Å². The molecule has 0 saturated carbocycles. The van der Waals surface area contributed by atoms with Crippen molar-refractivity contribution >= 4 is 32.5 Å². The zero-order chi connectivity index (χ0) is 14.0. The third kappa shape index (κ3) is 2.97. The van der Waals surface area contributed by atoms with Crippen LogP contribution in [0.3, 0.4) is 0 Å². The molecule has 0 aliphatic rings. The summed E-state index contributed by atoms with van der Waals surface area (Å²) in [5.74, 6) is 0.492. The van der Waals surface area contributed by atoms with Crippen molar-refractivity contribution in [3.8, 4) is 5.75 Å². The molecule has 0 aliphatic carbocycles. The van der Waals surface area contributed by atoms with Crippen molar-refractivity contribution in [3.63, 3.8) is 0 Å². The zero-order valence-electron chi connectivity index (χ0n) is 10.3. The number of fused-ring (bicyclic) bond motifs is 1. The molecule has 19 heavy (non-hydrogen) atoms. The number of primary sulfonamides is 1. The summed E-state index contributed by atoms with van der Waals surface area (Å²) in [5.41, 5.74) is 0.396. The van der Waals surface area contributed by atoms with Gasteiger partial charge in [-0.3, -0.25) is 0 Å². The van der Waals surface area contributed by atoms with Crippen molar-refractivity contribution in [1.29, 1.82) is 0 Å². The van der Waals surface area contributed by atoms with Gasteiger partial charge in [-0.1, -0.05) is 18.5 Å². The van der Waals surface area contributed by atoms with Gasteiger partial charge in [0.25, 0.3) is 0 Å². The number of nitrogens with two attached hydrogens (primary N) is 1. The van der Waals surface area contributed by atoms with E-state index in [0.29, 0.717) is 23.3 Å². The monoisotopic (exact) mass is 300 g/mol. The van der Waals surface area contributed by atoms with E-state index in [1.54, 1.807) is 12.1 Å². The van der Waals surface area contributed by atoms with Crippen molar-refractivity contribution in [3.05, 3.63) is 29.4 Å². The Morgan fingerprint density at radius 2 is 2.05 bits per heavy atom. The van der Waals surface area contributed by atoms with Crippen molar-refractivity contribution < 1.29 is 13.2 Å². The highest BCUT2D eigenvalue weighted by Crippen LogP contribution is 2.30. The molecule has 2 rings (SSSR count). The second-order valence-corrected chi connectivity index (χ2v) is 5.90. The maximum atomic E-state index is 11.5. The molecule has 0 bridgehead atoms. The van der Waals surface area contributed by atoms with Crippen LogP contribution in [0.2, 0.25) is 5.15 Å². The van der Waals surface area contributed by atoms with Gasteiger partial charge in [0.05, 0.1) is 11.5 Å². The number of nitrogens with zero attached hydrogens (tertiary/aromatic N) is 1. The van der Waals surface area contributed by atoms with Crippen LogP contribution in [0.1, 0.15) is 13.3 Å². The molecular formula is C12H13ClN2O3S. The Morgan fingerprint density at radius 1 is 1.32 bits per heavy atom. The average Bonchev–Trinajstić information content (AvgIpc) is 2.34. The smallest absolute Gasteiger partial charge is 0.238 e. The summed E-state index contributed by atoms with van der Waals surface area (Å²) >= 11 is 5.84. The zero-order valence-corrected chi connectivity index (χ0v) is 11.8. The first-order valence-electron chi connectivity index (χ1n) is 5.68. The highest BCUT2D eigenvalue weighted by molar-refractivity contribution is 7.89. The Labute approximate surface area is 116 Å². The van der Waals surface area contributed by atoms with Gasteiger partial charge in [-0.15, -0.1) is 0 Å². The van der Waals surface area contributed by atoms with Crippen LogP contribution in [0, 0.1) is 0 Å². The van der Waals surface area contributed by atoms with Crippen LogP contribution >= 0.6 is 11.6 Å². The molecule has 5 nitrogen and oxygen atoms in total. The number of pyridine rings is 1. The van der Waals surface area contributed by atoms with Gasteiger partial charge in [-0.2, -0.15) is 0 Å². The van der Waals surface area contributed by atoms with Gasteiger partial charge in [0.2, 0.25) is 10.0 Å². The van der Waals surface area contributed by atoms with Gasteiger partial charge in [0.1, 0.15) is 16.4 Å². The van der Waals surface area contributed by atoms with Gasteiger partial charge < -0.3 is 4.74 Å². The molecule has 1 aromatic heterocycles. The van der Waals surface area contributed by atoms with E-state index in [2.05, 4.69) is 4.98 Å². The van der Waals surface area contributed by atoms with Gasteiger partial charge >= 0.3 is 0 Å². The lowest BCUT2D eigenvalue weighted by atomic mass is 10.2. The number of rotatable bonds is 4. The van der Waals surface area contributed by atoms with E-state index in [1.807, 2.05) is 6.92 Å². The summed E-state index contributed by atoms with van der Waals surface area (Å²) in [4.78, 5) is 4.13. The van der Waals surface area contributed by atoms with E-state index in [1.165, 1.54) is 12.1 Å². The predicted octanol–water partition coefficient (Wildman–Crippen LogP) is 2.32. The fourth-order valence-corrected chi connectivity index (χ4v) is 2.60. The molecule has 2 aromatic rings. The van der Waals surface area contributed by atoms with Crippen LogP contribution in [0.15, 0.2) is 29.2 Å². The van der Waals surface area contributed by atoms with E-state index >= 15 is 0 Å². The van der Waals surface area contributed by atoms with Crippen LogP contribution in [-0.2, 0) is 10.0 Å². The lowest BCUT2D eigenvalue weighted by Crippen LogP contribution is -2.13. The fourth-order valence-electron chi connectivity index (χ4n) is 1.72. The third-order valence-electron chi connectivity index (χ3n) is 2.51. The van der Waals surface area contributed by atoms with E-state index in [9.17, 15) is 8.42 Å². The Bertz CT molecular complexity index is 716. The first-order valence-corrected chi connectivity index (χ1v) is 7.60. The molecule has 0 fully saturated rings. The molecule has 1 aromatic carbocycles. The van der Waals surface area contributed by atoms with E-state index in [0.717, 1.165) is 6.42 Å². The highest BCUT2D eigenvalue weighted by Gasteiger charge is 2.16. The van der Waals surface area contributed by atoms with Gasteiger partial charge in [-0.05, 0) is 30.7 Å². The lowest BCUT2D eigenvalue weighted by Gasteiger charge is -2.10. The minimum absolute atomic E-state index is 0.00974. The first-order chi connectivity index (χ1) is 8.93. The minimum Gasteiger partial charge on any atom is -0.491 e. The molecule has 7 heteroatoms. The Morgan fingerprint density at radius 3 is 2.68 bits per heavy atom. The Balaban J connectivity index is 2.72. The molecule has 102 valence electrons. The molecule has 0 amide bonds.